The molecule has 6 heteroatoms. The Labute approximate surface area is 117 Å². The van der Waals surface area contributed by atoms with Crippen LogP contribution in [0.25, 0.3) is 0 Å². The highest BCUT2D eigenvalue weighted by atomic mass is 16.5. The Morgan fingerprint density at radius 1 is 1.15 bits per heavy atom. The molecular formula is C14H17NO5. The molecule has 20 heavy (non-hydrogen) atoms. The molecule has 0 aliphatic rings. The molecule has 0 fully saturated rings. The molecule has 0 saturated carbocycles. The highest BCUT2D eigenvalue weighted by molar-refractivity contribution is 6.02. The van der Waals surface area contributed by atoms with E-state index in [2.05, 4.69) is 9.89 Å². The number of hydrogen-bond acceptors (Lipinski definition) is 6. The molecule has 1 aromatic rings. The van der Waals surface area contributed by atoms with Gasteiger partial charge in [0.25, 0.3) is 0 Å². The maximum atomic E-state index is 11.3. The van der Waals surface area contributed by atoms with Crippen LogP contribution in [0.2, 0.25) is 0 Å². The van der Waals surface area contributed by atoms with Crippen molar-refractivity contribution in [2.45, 2.75) is 19.8 Å². The number of oxime groups is 1. The summed E-state index contributed by atoms with van der Waals surface area (Å²) in [5.74, 6) is -0.787. The first-order valence-electron chi connectivity index (χ1n) is 6.17. The number of benzene rings is 1. The van der Waals surface area contributed by atoms with Crippen molar-refractivity contribution in [1.82, 2.24) is 0 Å². The fourth-order valence-corrected chi connectivity index (χ4v) is 1.62. The van der Waals surface area contributed by atoms with Gasteiger partial charge in [-0.05, 0) is 24.6 Å². The minimum atomic E-state index is -0.439. The van der Waals surface area contributed by atoms with Crippen molar-refractivity contribution in [3.8, 4) is 0 Å². The number of rotatable bonds is 6. The van der Waals surface area contributed by atoms with Crippen LogP contribution in [0.1, 0.15) is 35.7 Å². The molecule has 108 valence electrons. The van der Waals surface area contributed by atoms with Crippen LogP contribution >= 0.6 is 0 Å². The number of esters is 2. The van der Waals surface area contributed by atoms with Crippen molar-refractivity contribution in [2.75, 3.05) is 13.7 Å². The van der Waals surface area contributed by atoms with Crippen LogP contribution in [0.5, 0.6) is 0 Å². The van der Waals surface area contributed by atoms with Crippen molar-refractivity contribution >= 4 is 17.7 Å². The molecule has 0 amide bonds. The zero-order valence-electron chi connectivity index (χ0n) is 11.5. The topological polar surface area (TPSA) is 85.2 Å². The molecular weight excluding hydrogens is 262 g/mol. The standard InChI is InChI=1S/C14H17NO5/c1-3-20-13(16)9-8-12(15-18)10-4-6-11(7-5-10)14(17)19-2/h4-7,18H,3,8-9H2,1-2H3. The second-order valence-electron chi connectivity index (χ2n) is 3.92. The zero-order chi connectivity index (χ0) is 15.0. The molecule has 0 aromatic heterocycles. The number of methoxy groups -OCH3 is 1. The minimum absolute atomic E-state index is 0.131. The average molecular weight is 279 g/mol. The van der Waals surface area contributed by atoms with E-state index in [0.717, 1.165) is 0 Å². The first-order chi connectivity index (χ1) is 9.62. The Morgan fingerprint density at radius 3 is 2.25 bits per heavy atom. The zero-order valence-corrected chi connectivity index (χ0v) is 11.5. The first-order valence-corrected chi connectivity index (χ1v) is 6.17. The van der Waals surface area contributed by atoms with E-state index in [0.29, 0.717) is 23.4 Å². The van der Waals surface area contributed by atoms with Crippen molar-refractivity contribution in [3.05, 3.63) is 35.4 Å². The molecule has 0 spiro atoms. The summed E-state index contributed by atoms with van der Waals surface area (Å²) in [6.07, 6.45) is 0.388. The number of ether oxygens (including phenoxy) is 2. The molecule has 0 radical (unpaired) electrons. The summed E-state index contributed by atoms with van der Waals surface area (Å²) in [6, 6.07) is 6.40. The molecule has 6 nitrogen and oxygen atoms in total. The van der Waals surface area contributed by atoms with Gasteiger partial charge in [-0.2, -0.15) is 0 Å². The van der Waals surface area contributed by atoms with Crippen molar-refractivity contribution in [3.63, 3.8) is 0 Å². The second-order valence-corrected chi connectivity index (χ2v) is 3.92. The van der Waals surface area contributed by atoms with Crippen molar-refractivity contribution in [1.29, 1.82) is 0 Å². The normalized spacial score (nSPS) is 11.0. The van der Waals surface area contributed by atoms with Crippen molar-refractivity contribution < 1.29 is 24.3 Å². The fourth-order valence-electron chi connectivity index (χ4n) is 1.62. The van der Waals surface area contributed by atoms with Crippen LogP contribution < -0.4 is 0 Å². The summed E-state index contributed by atoms with van der Waals surface area (Å²) < 4.78 is 9.39. The monoisotopic (exact) mass is 279 g/mol. The Hall–Kier alpha value is -2.37. The molecule has 0 aliphatic carbocycles. The van der Waals surface area contributed by atoms with Crippen LogP contribution in [-0.4, -0.2) is 36.6 Å². The molecule has 1 N–H and O–H groups in total. The van der Waals surface area contributed by atoms with Gasteiger partial charge in [-0.15, -0.1) is 0 Å². The number of carbonyl (C=O) groups excluding carboxylic acids is 2. The third kappa shape index (κ3) is 4.38. The maximum Gasteiger partial charge on any atom is 0.337 e. The lowest BCUT2D eigenvalue weighted by Gasteiger charge is -2.06. The van der Waals surface area contributed by atoms with E-state index < -0.39 is 5.97 Å². The molecule has 0 aliphatic heterocycles. The summed E-state index contributed by atoms with van der Waals surface area (Å²) in [5, 5.41) is 12.2. The fraction of sp³-hybridized carbons (Fsp3) is 0.357. The smallest absolute Gasteiger partial charge is 0.337 e. The van der Waals surface area contributed by atoms with E-state index in [9.17, 15) is 9.59 Å². The van der Waals surface area contributed by atoms with Gasteiger partial charge >= 0.3 is 11.9 Å². The quantitative estimate of drug-likeness (QED) is 0.372. The van der Waals surface area contributed by atoms with Crippen molar-refractivity contribution in [2.24, 2.45) is 5.16 Å². The lowest BCUT2D eigenvalue weighted by Crippen LogP contribution is -2.09. The van der Waals surface area contributed by atoms with Gasteiger partial charge in [0.05, 0.1) is 31.4 Å². The molecule has 0 atom stereocenters. The number of nitrogens with zero attached hydrogens (tertiary/aromatic N) is 1. The third-order valence-electron chi connectivity index (χ3n) is 2.63. The first kappa shape index (κ1) is 15.7. The van der Waals surface area contributed by atoms with E-state index in [1.54, 1.807) is 31.2 Å². The predicted octanol–water partition coefficient (Wildman–Crippen LogP) is 1.99. The summed E-state index contributed by atoms with van der Waals surface area (Å²) in [7, 11) is 1.30. The van der Waals surface area contributed by atoms with E-state index in [1.165, 1.54) is 7.11 Å². The van der Waals surface area contributed by atoms with Gasteiger partial charge in [0.15, 0.2) is 0 Å². The van der Waals surface area contributed by atoms with Gasteiger partial charge in [0.2, 0.25) is 0 Å². The van der Waals surface area contributed by atoms with Gasteiger partial charge in [0.1, 0.15) is 0 Å². The summed E-state index contributed by atoms with van der Waals surface area (Å²) in [6.45, 7) is 2.04. The minimum Gasteiger partial charge on any atom is -0.466 e. The highest BCUT2D eigenvalue weighted by Gasteiger charge is 2.10. The van der Waals surface area contributed by atoms with Gasteiger partial charge in [-0.3, -0.25) is 4.79 Å². The number of carbonyl (C=O) groups is 2. The van der Waals surface area contributed by atoms with E-state index >= 15 is 0 Å². The Balaban J connectivity index is 2.71. The van der Waals surface area contributed by atoms with E-state index in [1.807, 2.05) is 0 Å². The van der Waals surface area contributed by atoms with Crippen LogP contribution in [0.3, 0.4) is 0 Å². The van der Waals surface area contributed by atoms with E-state index in [4.69, 9.17) is 9.94 Å². The molecule has 0 heterocycles. The second kappa shape index (κ2) is 7.93. The molecule has 1 aromatic carbocycles. The van der Waals surface area contributed by atoms with Gasteiger partial charge in [-0.1, -0.05) is 17.3 Å². The lowest BCUT2D eigenvalue weighted by atomic mass is 10.0. The molecule has 1 rings (SSSR count). The molecule has 0 bridgehead atoms. The highest BCUT2D eigenvalue weighted by Crippen LogP contribution is 2.10. The lowest BCUT2D eigenvalue weighted by molar-refractivity contribution is -0.142. The van der Waals surface area contributed by atoms with Gasteiger partial charge < -0.3 is 14.7 Å². The summed E-state index contributed by atoms with van der Waals surface area (Å²) in [4.78, 5) is 22.5. The summed E-state index contributed by atoms with van der Waals surface area (Å²) >= 11 is 0. The Morgan fingerprint density at radius 2 is 1.75 bits per heavy atom. The van der Waals surface area contributed by atoms with Crippen LogP contribution in [0.15, 0.2) is 29.4 Å². The van der Waals surface area contributed by atoms with E-state index in [-0.39, 0.29) is 18.8 Å². The molecule has 0 unspecified atom stereocenters. The maximum absolute atomic E-state index is 11.3. The predicted molar refractivity (Wildman–Crippen MR) is 72.0 cm³/mol. The Kier molecular flexibility index (Phi) is 6.22. The van der Waals surface area contributed by atoms with Gasteiger partial charge in [0, 0.05) is 6.42 Å². The van der Waals surface area contributed by atoms with Crippen LogP contribution in [0.4, 0.5) is 0 Å². The largest absolute Gasteiger partial charge is 0.466 e. The average Bonchev–Trinajstić information content (AvgIpc) is 2.48. The summed E-state index contributed by atoms with van der Waals surface area (Å²) in [5.41, 5.74) is 1.39. The SMILES string of the molecule is CCOC(=O)CCC(=NO)c1ccc(C(=O)OC)cc1. The Bertz CT molecular complexity index is 493. The van der Waals surface area contributed by atoms with Crippen LogP contribution in [-0.2, 0) is 14.3 Å². The number of hydrogen-bond donors (Lipinski definition) is 1. The molecule has 0 saturated heterocycles. The third-order valence-corrected chi connectivity index (χ3v) is 2.63. The van der Waals surface area contributed by atoms with Crippen LogP contribution in [0, 0.1) is 0 Å². The van der Waals surface area contributed by atoms with Gasteiger partial charge in [-0.25, -0.2) is 4.79 Å².